The molecule has 122 valence electrons. The first kappa shape index (κ1) is 18.4. The number of rotatable bonds is 5. The lowest BCUT2D eigenvalue weighted by molar-refractivity contribution is -0.192. The molecule has 9 nitrogen and oxygen atoms in total. The zero-order valence-corrected chi connectivity index (χ0v) is 12.7. The fraction of sp³-hybridized carbons (Fsp3) is 0.700. The smallest absolute Gasteiger partial charge is 0.388 e. The van der Waals surface area contributed by atoms with Crippen molar-refractivity contribution in [2.75, 3.05) is 0 Å². The summed E-state index contributed by atoms with van der Waals surface area (Å²) in [4.78, 5) is 0. The first-order valence-corrected chi connectivity index (χ1v) is 8.10. The fourth-order valence-corrected chi connectivity index (χ4v) is 2.89. The van der Waals surface area contributed by atoms with Gasteiger partial charge in [-0.15, -0.1) is 6.58 Å². The molecular weight excluding hydrogens is 326 g/mol. The van der Waals surface area contributed by atoms with E-state index in [9.17, 15) is 23.7 Å². The van der Waals surface area contributed by atoms with Crippen molar-refractivity contribution < 1.29 is 37.3 Å². The van der Waals surface area contributed by atoms with Gasteiger partial charge in [0.2, 0.25) is 0 Å². The second-order valence-corrected chi connectivity index (χ2v) is 6.46. The SMILES string of the molecule is C=CC/C(=N/OS(=O)(=O)O)S[C@@H]1OC(C)[C@@H](O)[C@H](O)C1O. The van der Waals surface area contributed by atoms with Crippen molar-refractivity contribution in [3.05, 3.63) is 12.7 Å². The zero-order valence-electron chi connectivity index (χ0n) is 11.1. The monoisotopic (exact) mass is 343 g/mol. The van der Waals surface area contributed by atoms with Crippen LogP contribution >= 0.6 is 11.8 Å². The van der Waals surface area contributed by atoms with Crippen molar-refractivity contribution in [1.82, 2.24) is 0 Å². The van der Waals surface area contributed by atoms with E-state index in [0.717, 1.165) is 11.8 Å². The van der Waals surface area contributed by atoms with Crippen LogP contribution in [0.15, 0.2) is 17.8 Å². The van der Waals surface area contributed by atoms with Crippen LogP contribution in [0.5, 0.6) is 0 Å². The third-order valence-electron chi connectivity index (χ3n) is 2.61. The standard InChI is InChI=1S/C10H17NO8S2/c1-3-4-6(11-19-21(15,16)17)20-10-9(14)8(13)7(12)5(2)18-10/h3,5,7-10,12-14H,1,4H2,2H3,(H,15,16,17)/b11-6-/t5?,7-,8+,9?,10+/m1/s1. The van der Waals surface area contributed by atoms with Gasteiger partial charge in [-0.25, -0.2) is 4.28 Å². The second-order valence-electron chi connectivity index (χ2n) is 4.28. The number of hydrogen-bond acceptors (Lipinski definition) is 9. The van der Waals surface area contributed by atoms with Gasteiger partial charge in [-0.2, -0.15) is 8.42 Å². The molecule has 0 radical (unpaired) electrons. The molecule has 1 heterocycles. The van der Waals surface area contributed by atoms with Crippen molar-refractivity contribution in [3.63, 3.8) is 0 Å². The number of hydrogen-bond donors (Lipinski definition) is 4. The van der Waals surface area contributed by atoms with Crippen molar-refractivity contribution in [2.45, 2.75) is 43.2 Å². The maximum atomic E-state index is 10.5. The van der Waals surface area contributed by atoms with E-state index in [1.807, 2.05) is 0 Å². The van der Waals surface area contributed by atoms with E-state index >= 15 is 0 Å². The summed E-state index contributed by atoms with van der Waals surface area (Å²) in [6.07, 6.45) is -3.34. The molecule has 21 heavy (non-hydrogen) atoms. The molecule has 2 unspecified atom stereocenters. The molecule has 4 N–H and O–H groups in total. The molecule has 0 spiro atoms. The third kappa shape index (κ3) is 5.54. The molecule has 11 heteroatoms. The molecule has 5 atom stereocenters. The van der Waals surface area contributed by atoms with Crippen LogP contribution in [0.3, 0.4) is 0 Å². The highest BCUT2D eigenvalue weighted by molar-refractivity contribution is 8.14. The minimum Gasteiger partial charge on any atom is -0.388 e. The van der Waals surface area contributed by atoms with Crippen molar-refractivity contribution in [2.24, 2.45) is 5.16 Å². The number of aliphatic hydroxyl groups excluding tert-OH is 3. The third-order valence-corrected chi connectivity index (χ3v) is 4.01. The van der Waals surface area contributed by atoms with E-state index in [4.69, 9.17) is 9.29 Å². The highest BCUT2D eigenvalue weighted by Crippen LogP contribution is 2.30. The van der Waals surface area contributed by atoms with E-state index in [2.05, 4.69) is 16.0 Å². The molecule has 0 aromatic heterocycles. The number of allylic oxidation sites excluding steroid dienone is 1. The Bertz CT molecular complexity index is 493. The molecule has 1 fully saturated rings. The molecule has 0 aromatic rings. The normalized spacial score (nSPS) is 34.5. The summed E-state index contributed by atoms with van der Waals surface area (Å²) in [6, 6.07) is 0. The molecule has 0 aromatic carbocycles. The van der Waals surface area contributed by atoms with Crippen LogP contribution in [0.1, 0.15) is 13.3 Å². The van der Waals surface area contributed by atoms with E-state index in [-0.39, 0.29) is 11.5 Å². The number of aliphatic hydroxyl groups is 3. The number of ether oxygens (including phenoxy) is 1. The van der Waals surface area contributed by atoms with Crippen LogP contribution in [0.4, 0.5) is 0 Å². The number of oxime groups is 1. The van der Waals surface area contributed by atoms with Crippen LogP contribution in [0.2, 0.25) is 0 Å². The average Bonchev–Trinajstić information content (AvgIpc) is 2.39. The largest absolute Gasteiger partial charge is 0.466 e. The highest BCUT2D eigenvalue weighted by Gasteiger charge is 2.42. The van der Waals surface area contributed by atoms with E-state index in [1.165, 1.54) is 13.0 Å². The molecule has 0 saturated carbocycles. The predicted octanol–water partition coefficient (Wildman–Crippen LogP) is -0.744. The second kappa shape index (κ2) is 7.54. The first-order chi connectivity index (χ1) is 9.65. The maximum absolute atomic E-state index is 10.5. The van der Waals surface area contributed by atoms with Gasteiger partial charge in [0.15, 0.2) is 0 Å². The Labute approximate surface area is 126 Å². The van der Waals surface area contributed by atoms with Gasteiger partial charge in [0.25, 0.3) is 0 Å². The topological polar surface area (TPSA) is 146 Å². The van der Waals surface area contributed by atoms with Crippen LogP contribution < -0.4 is 0 Å². The molecule has 0 aliphatic carbocycles. The average molecular weight is 343 g/mol. The molecule has 1 aliphatic heterocycles. The number of nitrogens with zero attached hydrogens (tertiary/aromatic N) is 1. The summed E-state index contributed by atoms with van der Waals surface area (Å²) >= 11 is 0.783. The Morgan fingerprint density at radius 2 is 2.00 bits per heavy atom. The van der Waals surface area contributed by atoms with Gasteiger partial charge in [-0.1, -0.05) is 23.0 Å². The molecular formula is C10H17NO8S2. The van der Waals surface area contributed by atoms with Crippen LogP contribution in [-0.2, 0) is 19.4 Å². The molecule has 0 amide bonds. The Morgan fingerprint density at radius 3 is 2.52 bits per heavy atom. The van der Waals surface area contributed by atoms with E-state index < -0.39 is 40.3 Å². The zero-order chi connectivity index (χ0) is 16.2. The first-order valence-electron chi connectivity index (χ1n) is 5.86. The summed E-state index contributed by atoms with van der Waals surface area (Å²) in [7, 11) is -4.75. The summed E-state index contributed by atoms with van der Waals surface area (Å²) in [5.41, 5.74) is -0.998. The molecule has 1 aliphatic rings. The lowest BCUT2D eigenvalue weighted by Gasteiger charge is -2.38. The Balaban J connectivity index is 2.81. The lowest BCUT2D eigenvalue weighted by atomic mass is 10.0. The summed E-state index contributed by atoms with van der Waals surface area (Å²) in [5, 5.41) is 32.3. The molecule has 1 saturated heterocycles. The van der Waals surface area contributed by atoms with E-state index in [0.29, 0.717) is 0 Å². The fourth-order valence-electron chi connectivity index (χ4n) is 1.56. The predicted molar refractivity (Wildman–Crippen MR) is 74.8 cm³/mol. The summed E-state index contributed by atoms with van der Waals surface area (Å²) in [6.45, 7) is 4.95. The van der Waals surface area contributed by atoms with Crippen LogP contribution in [-0.4, -0.2) is 63.2 Å². The van der Waals surface area contributed by atoms with Gasteiger partial charge in [-0.05, 0) is 6.92 Å². The lowest BCUT2D eigenvalue weighted by Crippen LogP contribution is -2.55. The van der Waals surface area contributed by atoms with Crippen molar-refractivity contribution in [3.8, 4) is 0 Å². The van der Waals surface area contributed by atoms with Gasteiger partial charge >= 0.3 is 10.4 Å². The van der Waals surface area contributed by atoms with E-state index in [1.54, 1.807) is 0 Å². The van der Waals surface area contributed by atoms with Gasteiger partial charge < -0.3 is 20.1 Å². The van der Waals surface area contributed by atoms with Crippen LogP contribution in [0.25, 0.3) is 0 Å². The van der Waals surface area contributed by atoms with Gasteiger partial charge in [0.05, 0.1) is 6.10 Å². The molecule has 1 rings (SSSR count). The van der Waals surface area contributed by atoms with Gasteiger partial charge in [0.1, 0.15) is 28.8 Å². The Morgan fingerprint density at radius 1 is 1.38 bits per heavy atom. The number of thioether (sulfide) groups is 1. The van der Waals surface area contributed by atoms with Crippen molar-refractivity contribution in [1.29, 1.82) is 0 Å². The van der Waals surface area contributed by atoms with Gasteiger partial charge in [0, 0.05) is 6.42 Å². The molecule has 0 bridgehead atoms. The summed E-state index contributed by atoms with van der Waals surface area (Å²) < 4.78 is 38.6. The van der Waals surface area contributed by atoms with Crippen LogP contribution in [0, 0.1) is 0 Å². The van der Waals surface area contributed by atoms with Crippen molar-refractivity contribution >= 4 is 27.2 Å². The minimum absolute atomic E-state index is 0.0439. The quantitative estimate of drug-likeness (QED) is 0.166. The Hall–Kier alpha value is -0.690. The highest BCUT2D eigenvalue weighted by atomic mass is 32.3. The van der Waals surface area contributed by atoms with Gasteiger partial charge in [-0.3, -0.25) is 4.55 Å². The maximum Gasteiger partial charge on any atom is 0.466 e. The summed E-state index contributed by atoms with van der Waals surface area (Å²) in [5.74, 6) is 0. The Kier molecular flexibility index (Phi) is 6.59. The minimum atomic E-state index is -4.75.